The Balaban J connectivity index is 2.04. The lowest BCUT2D eigenvalue weighted by Gasteiger charge is -2.37. The Bertz CT molecular complexity index is 652. The van der Waals surface area contributed by atoms with Crippen LogP contribution < -0.4 is 5.32 Å². The largest absolute Gasteiger partial charge is 0.463 e. The number of esters is 1. The van der Waals surface area contributed by atoms with E-state index in [2.05, 4.69) is 26.1 Å². The van der Waals surface area contributed by atoms with Gasteiger partial charge < -0.3 is 15.0 Å². The van der Waals surface area contributed by atoms with Gasteiger partial charge in [0.25, 0.3) is 0 Å². The van der Waals surface area contributed by atoms with Crippen molar-refractivity contribution in [2.45, 2.75) is 38.8 Å². The smallest absolute Gasteiger partial charge is 0.338 e. The summed E-state index contributed by atoms with van der Waals surface area (Å²) in [6.45, 7) is 4.15. The monoisotopic (exact) mass is 400 g/mol. The number of carbonyl (C=O) groups excluding carboxylic acids is 1. The van der Waals surface area contributed by atoms with E-state index in [1.807, 2.05) is 26.0 Å². The van der Waals surface area contributed by atoms with Crippen molar-refractivity contribution in [2.75, 3.05) is 6.61 Å². The number of thiophene rings is 1. The van der Waals surface area contributed by atoms with E-state index < -0.39 is 0 Å². The second-order valence-corrected chi connectivity index (χ2v) is 8.23. The summed E-state index contributed by atoms with van der Waals surface area (Å²) in [5.41, 5.74) is 1.58. The number of allylic oxidation sites excluding steroid dienone is 1. The van der Waals surface area contributed by atoms with E-state index in [4.69, 9.17) is 17.0 Å². The van der Waals surface area contributed by atoms with Crippen LogP contribution in [0.2, 0.25) is 0 Å². The molecule has 1 aliphatic heterocycles. The fourth-order valence-corrected chi connectivity index (χ4v) is 4.59. The van der Waals surface area contributed by atoms with Gasteiger partial charge >= 0.3 is 5.97 Å². The number of hydrogen-bond acceptors (Lipinski definition) is 4. The molecule has 1 aliphatic carbocycles. The fourth-order valence-electron chi connectivity index (χ4n) is 2.70. The normalized spacial score (nSPS) is 21.9. The lowest BCUT2D eigenvalue weighted by molar-refractivity contribution is -0.139. The van der Waals surface area contributed by atoms with Crippen LogP contribution in [0.1, 0.15) is 37.6 Å². The number of ether oxygens (including phenoxy) is 1. The van der Waals surface area contributed by atoms with E-state index in [1.54, 1.807) is 11.3 Å². The Morgan fingerprint density at radius 3 is 2.82 bits per heavy atom. The second-order valence-electron chi connectivity index (χ2n) is 5.35. The highest BCUT2D eigenvalue weighted by atomic mass is 79.9. The molecular formula is C15H17BrN2O2S2. The molecule has 3 rings (SSSR count). The van der Waals surface area contributed by atoms with Gasteiger partial charge in [0.1, 0.15) is 0 Å². The first-order valence-corrected chi connectivity index (χ1v) is 9.27. The lowest BCUT2D eigenvalue weighted by atomic mass is 10.0. The van der Waals surface area contributed by atoms with Crippen LogP contribution in [0.4, 0.5) is 0 Å². The molecule has 0 saturated heterocycles. The van der Waals surface area contributed by atoms with Gasteiger partial charge in [0.2, 0.25) is 0 Å². The lowest BCUT2D eigenvalue weighted by Crippen LogP contribution is -2.48. The van der Waals surface area contributed by atoms with Gasteiger partial charge in [-0.15, -0.1) is 11.3 Å². The molecule has 2 heterocycles. The van der Waals surface area contributed by atoms with Crippen molar-refractivity contribution in [1.29, 1.82) is 0 Å². The molecule has 1 aromatic heterocycles. The molecular weight excluding hydrogens is 384 g/mol. The van der Waals surface area contributed by atoms with Crippen molar-refractivity contribution >= 4 is 50.6 Å². The molecule has 0 radical (unpaired) electrons. The first-order chi connectivity index (χ1) is 10.5. The molecule has 1 saturated carbocycles. The topological polar surface area (TPSA) is 41.6 Å². The first kappa shape index (κ1) is 16.0. The fraction of sp³-hybridized carbons (Fsp3) is 0.467. The number of carbonyl (C=O) groups is 1. The number of rotatable bonds is 4. The van der Waals surface area contributed by atoms with Crippen molar-refractivity contribution < 1.29 is 9.53 Å². The van der Waals surface area contributed by atoms with Crippen LogP contribution >= 0.6 is 39.5 Å². The van der Waals surface area contributed by atoms with E-state index in [9.17, 15) is 4.79 Å². The summed E-state index contributed by atoms with van der Waals surface area (Å²) in [4.78, 5) is 15.6. The molecule has 0 amide bonds. The molecule has 1 N–H and O–H groups in total. The Morgan fingerprint density at radius 2 is 2.27 bits per heavy atom. The SMILES string of the molecule is CCOC(=O)C1=C(C)N(C2CC2)C(=S)N[C@H]1c1ccc(Br)s1. The Labute approximate surface area is 147 Å². The minimum Gasteiger partial charge on any atom is -0.463 e. The van der Waals surface area contributed by atoms with Gasteiger partial charge in [0, 0.05) is 16.6 Å². The second kappa shape index (κ2) is 6.29. The van der Waals surface area contributed by atoms with Gasteiger partial charge in [-0.1, -0.05) is 0 Å². The van der Waals surface area contributed by atoms with E-state index in [0.717, 1.165) is 27.2 Å². The van der Waals surface area contributed by atoms with Gasteiger partial charge in [-0.3, -0.25) is 0 Å². The zero-order valence-corrected chi connectivity index (χ0v) is 15.6. The number of nitrogens with zero attached hydrogens (tertiary/aromatic N) is 1. The molecule has 0 unspecified atom stereocenters. The molecule has 118 valence electrons. The zero-order chi connectivity index (χ0) is 15.9. The minimum atomic E-state index is -0.268. The molecule has 4 nitrogen and oxygen atoms in total. The number of thiocarbonyl (C=S) groups is 1. The van der Waals surface area contributed by atoms with Crippen molar-refractivity contribution in [3.63, 3.8) is 0 Å². The van der Waals surface area contributed by atoms with Crippen LogP contribution in [0, 0.1) is 0 Å². The summed E-state index contributed by atoms with van der Waals surface area (Å²) < 4.78 is 6.31. The van der Waals surface area contributed by atoms with E-state index in [1.165, 1.54) is 0 Å². The third-order valence-electron chi connectivity index (χ3n) is 3.81. The van der Waals surface area contributed by atoms with Crippen LogP contribution in [0.3, 0.4) is 0 Å². The molecule has 1 aromatic rings. The van der Waals surface area contributed by atoms with E-state index in [0.29, 0.717) is 23.3 Å². The van der Waals surface area contributed by atoms with Crippen LogP contribution in [-0.4, -0.2) is 28.6 Å². The Morgan fingerprint density at radius 1 is 1.55 bits per heavy atom. The minimum absolute atomic E-state index is 0.238. The van der Waals surface area contributed by atoms with Crippen LogP contribution in [-0.2, 0) is 9.53 Å². The average Bonchev–Trinajstić information content (AvgIpc) is 3.19. The predicted octanol–water partition coefficient (Wildman–Crippen LogP) is 3.74. The van der Waals surface area contributed by atoms with Gasteiger partial charge in [0.15, 0.2) is 5.11 Å². The molecule has 0 spiro atoms. The third-order valence-corrected chi connectivity index (χ3v) is 5.82. The van der Waals surface area contributed by atoms with E-state index in [-0.39, 0.29) is 12.0 Å². The maximum absolute atomic E-state index is 12.5. The van der Waals surface area contributed by atoms with Crippen molar-refractivity contribution in [3.8, 4) is 0 Å². The van der Waals surface area contributed by atoms with Gasteiger partial charge in [0.05, 0.1) is 22.0 Å². The summed E-state index contributed by atoms with van der Waals surface area (Å²) >= 11 is 10.6. The first-order valence-electron chi connectivity index (χ1n) is 7.25. The van der Waals surface area contributed by atoms with Crippen LogP contribution in [0.15, 0.2) is 27.2 Å². The third kappa shape index (κ3) is 2.94. The highest BCUT2D eigenvalue weighted by Crippen LogP contribution is 2.40. The molecule has 7 heteroatoms. The Kier molecular flexibility index (Phi) is 4.56. The summed E-state index contributed by atoms with van der Waals surface area (Å²) in [6.07, 6.45) is 2.23. The van der Waals surface area contributed by atoms with Gasteiger partial charge in [-0.25, -0.2) is 4.79 Å². The molecule has 1 fully saturated rings. The summed E-state index contributed by atoms with van der Waals surface area (Å²) in [6, 6.07) is 4.17. The molecule has 0 bridgehead atoms. The summed E-state index contributed by atoms with van der Waals surface area (Å²) in [5.74, 6) is -0.268. The predicted molar refractivity (Wildman–Crippen MR) is 94.7 cm³/mol. The molecule has 22 heavy (non-hydrogen) atoms. The van der Waals surface area contributed by atoms with Crippen molar-refractivity contribution in [3.05, 3.63) is 32.1 Å². The highest BCUT2D eigenvalue weighted by Gasteiger charge is 2.41. The van der Waals surface area contributed by atoms with Crippen molar-refractivity contribution in [1.82, 2.24) is 10.2 Å². The number of halogens is 1. The highest BCUT2D eigenvalue weighted by molar-refractivity contribution is 9.11. The maximum atomic E-state index is 12.5. The van der Waals surface area contributed by atoms with Gasteiger partial charge in [-0.2, -0.15) is 0 Å². The molecule has 2 aliphatic rings. The van der Waals surface area contributed by atoms with Crippen molar-refractivity contribution in [2.24, 2.45) is 0 Å². The summed E-state index contributed by atoms with van der Waals surface area (Å²) in [5, 5.41) is 4.02. The van der Waals surface area contributed by atoms with Crippen LogP contribution in [0.25, 0.3) is 0 Å². The number of nitrogens with one attached hydrogen (secondary N) is 1. The molecule has 1 atom stereocenters. The number of hydrogen-bond donors (Lipinski definition) is 1. The summed E-state index contributed by atoms with van der Waals surface area (Å²) in [7, 11) is 0. The average molecular weight is 401 g/mol. The maximum Gasteiger partial charge on any atom is 0.338 e. The van der Waals surface area contributed by atoms with Gasteiger partial charge in [-0.05, 0) is 67.0 Å². The quantitative estimate of drug-likeness (QED) is 0.615. The standard InChI is InChI=1S/C15H17BrN2O2S2/c1-3-20-14(19)12-8(2)18(9-4-5-9)15(21)17-13(12)10-6-7-11(16)22-10/h6-7,9,13H,3-5H2,1-2H3,(H,17,21)/t13-/m0/s1. The van der Waals surface area contributed by atoms with Crippen LogP contribution in [0.5, 0.6) is 0 Å². The molecule has 0 aromatic carbocycles. The Hall–Kier alpha value is -0.920. The zero-order valence-electron chi connectivity index (χ0n) is 12.4. The van der Waals surface area contributed by atoms with E-state index >= 15 is 0 Å².